The number of fused-ring (bicyclic) bond motifs is 2. The molecule has 2 aromatic rings. The van der Waals surface area contributed by atoms with Crippen molar-refractivity contribution < 1.29 is 15.3 Å². The first-order chi connectivity index (χ1) is 13.5. The van der Waals surface area contributed by atoms with Gasteiger partial charge >= 0.3 is 0 Å². The van der Waals surface area contributed by atoms with Crippen LogP contribution in [0.5, 0.6) is 0 Å². The van der Waals surface area contributed by atoms with Gasteiger partial charge in [-0.3, -0.25) is 14.9 Å². The number of hydrogen-bond acceptors (Lipinski definition) is 7. The number of rotatable bonds is 4. The van der Waals surface area contributed by atoms with Crippen molar-refractivity contribution in [3.8, 4) is 0 Å². The lowest BCUT2D eigenvalue weighted by Gasteiger charge is -2.66. The van der Waals surface area contributed by atoms with Crippen LogP contribution in [-0.4, -0.2) is 81.6 Å². The number of pyridine rings is 2. The molecule has 2 saturated heterocycles. The zero-order valence-electron chi connectivity index (χ0n) is 16.3. The highest BCUT2D eigenvalue weighted by Gasteiger charge is 2.67. The summed E-state index contributed by atoms with van der Waals surface area (Å²) >= 11 is 0. The van der Waals surface area contributed by atoms with Gasteiger partial charge in [-0.15, -0.1) is 0 Å². The number of piperidine rings is 2. The molecular formula is C21H28N4O3. The van der Waals surface area contributed by atoms with Crippen LogP contribution in [0.25, 0.3) is 0 Å². The Morgan fingerprint density at radius 1 is 0.893 bits per heavy atom. The lowest BCUT2D eigenvalue weighted by atomic mass is 9.54. The molecule has 4 heterocycles. The largest absolute Gasteiger partial charge is 0.396 e. The van der Waals surface area contributed by atoms with Gasteiger partial charge in [-0.1, -0.05) is 12.1 Å². The maximum atomic E-state index is 11.7. The van der Waals surface area contributed by atoms with E-state index in [0.717, 1.165) is 11.4 Å². The van der Waals surface area contributed by atoms with Crippen molar-refractivity contribution in [2.75, 3.05) is 40.4 Å². The summed E-state index contributed by atoms with van der Waals surface area (Å²) in [5.74, 6) is 0. The van der Waals surface area contributed by atoms with E-state index in [1.807, 2.05) is 50.5 Å². The van der Waals surface area contributed by atoms with Gasteiger partial charge in [0.25, 0.3) is 0 Å². The highest BCUT2D eigenvalue weighted by molar-refractivity contribution is 5.28. The molecule has 0 saturated carbocycles. The zero-order chi connectivity index (χ0) is 19.9. The fraction of sp³-hybridized carbons (Fsp3) is 0.524. The Balaban J connectivity index is 1.96. The van der Waals surface area contributed by atoms with Gasteiger partial charge in [0.1, 0.15) is 0 Å². The normalized spacial score (nSPS) is 36.4. The van der Waals surface area contributed by atoms with Gasteiger partial charge in [-0.05, 0) is 38.4 Å². The summed E-state index contributed by atoms with van der Waals surface area (Å²) < 4.78 is 0. The maximum Gasteiger partial charge on any atom is 0.0759 e. The predicted molar refractivity (Wildman–Crippen MR) is 104 cm³/mol. The third-order valence-corrected chi connectivity index (χ3v) is 6.65. The van der Waals surface area contributed by atoms with Crippen LogP contribution in [-0.2, 0) is 0 Å². The van der Waals surface area contributed by atoms with E-state index in [9.17, 15) is 15.3 Å². The Morgan fingerprint density at radius 2 is 1.36 bits per heavy atom. The Bertz CT molecular complexity index is 742. The molecule has 7 heteroatoms. The minimum absolute atomic E-state index is 0.208. The summed E-state index contributed by atoms with van der Waals surface area (Å²) in [6, 6.07) is 10.8. The van der Waals surface area contributed by atoms with Crippen LogP contribution in [0.4, 0.5) is 0 Å². The second-order valence-corrected chi connectivity index (χ2v) is 8.34. The molecule has 2 fully saturated rings. The smallest absolute Gasteiger partial charge is 0.0759 e. The molecule has 0 amide bonds. The molecule has 150 valence electrons. The third-order valence-electron chi connectivity index (χ3n) is 6.65. The van der Waals surface area contributed by atoms with Crippen molar-refractivity contribution in [1.82, 2.24) is 19.8 Å². The van der Waals surface area contributed by atoms with Gasteiger partial charge in [0.2, 0.25) is 0 Å². The number of aromatic nitrogens is 2. The summed E-state index contributed by atoms with van der Waals surface area (Å²) in [7, 11) is 3.95. The van der Waals surface area contributed by atoms with Crippen molar-refractivity contribution in [3.63, 3.8) is 0 Å². The average molecular weight is 384 g/mol. The molecule has 5 atom stereocenters. The topological polar surface area (TPSA) is 93.0 Å². The quantitative estimate of drug-likeness (QED) is 0.706. The highest BCUT2D eigenvalue weighted by Crippen LogP contribution is 2.60. The Kier molecular flexibility index (Phi) is 4.97. The van der Waals surface area contributed by atoms with E-state index in [4.69, 9.17) is 0 Å². The van der Waals surface area contributed by atoms with Crippen molar-refractivity contribution in [2.45, 2.75) is 18.2 Å². The molecule has 0 aliphatic carbocycles. The molecule has 0 radical (unpaired) electrons. The Morgan fingerprint density at radius 3 is 1.71 bits per heavy atom. The molecule has 1 unspecified atom stereocenters. The molecule has 2 aliphatic rings. The molecule has 7 nitrogen and oxygen atoms in total. The van der Waals surface area contributed by atoms with Crippen LogP contribution in [0.1, 0.15) is 23.5 Å². The lowest BCUT2D eigenvalue weighted by molar-refractivity contribution is -0.257. The van der Waals surface area contributed by atoms with Gasteiger partial charge in [0.15, 0.2) is 0 Å². The molecule has 3 N–H and O–H groups in total. The Hall–Kier alpha value is -1.90. The number of nitrogens with zero attached hydrogens (tertiary/aromatic N) is 4. The van der Waals surface area contributed by atoms with E-state index in [0.29, 0.717) is 13.1 Å². The van der Waals surface area contributed by atoms with E-state index >= 15 is 0 Å². The number of likely N-dealkylation sites (tertiary alicyclic amines) is 2. The Labute approximate surface area is 165 Å². The maximum absolute atomic E-state index is 11.7. The van der Waals surface area contributed by atoms with Crippen LogP contribution in [0.2, 0.25) is 0 Å². The van der Waals surface area contributed by atoms with Crippen molar-refractivity contribution in [2.24, 2.45) is 10.8 Å². The molecule has 2 bridgehead atoms. The van der Waals surface area contributed by atoms with Gasteiger partial charge in [-0.25, -0.2) is 0 Å². The first-order valence-electron chi connectivity index (χ1n) is 9.62. The van der Waals surface area contributed by atoms with Gasteiger partial charge in [0.05, 0.1) is 53.6 Å². The predicted octanol–water partition coefficient (Wildman–Crippen LogP) is 0.468. The molecule has 0 spiro atoms. The summed E-state index contributed by atoms with van der Waals surface area (Å²) in [5, 5.41) is 32.8. The van der Waals surface area contributed by atoms with E-state index in [1.54, 1.807) is 12.4 Å². The average Bonchev–Trinajstić information content (AvgIpc) is 2.72. The third kappa shape index (κ3) is 2.62. The number of hydrogen-bond donors (Lipinski definition) is 3. The minimum atomic E-state index is -0.915. The first-order valence-corrected chi connectivity index (χ1v) is 9.62. The monoisotopic (exact) mass is 384 g/mol. The van der Waals surface area contributed by atoms with Crippen molar-refractivity contribution in [1.29, 1.82) is 0 Å². The van der Waals surface area contributed by atoms with Crippen molar-refractivity contribution >= 4 is 0 Å². The van der Waals surface area contributed by atoms with Crippen LogP contribution < -0.4 is 0 Å². The number of aliphatic hydroxyl groups excluding tert-OH is 3. The van der Waals surface area contributed by atoms with Gasteiger partial charge < -0.3 is 20.2 Å². The minimum Gasteiger partial charge on any atom is -0.396 e. The SMILES string of the molecule is CN1C[C@@]2(CO)C(O)[C@@](CO)(C1)[C@@H](c1ccccn1)N(C)[C@@H]2c1ccccn1. The summed E-state index contributed by atoms with van der Waals surface area (Å²) in [5.41, 5.74) is -0.157. The molecule has 28 heavy (non-hydrogen) atoms. The van der Waals surface area contributed by atoms with E-state index < -0.39 is 16.9 Å². The van der Waals surface area contributed by atoms with Crippen LogP contribution in [0.3, 0.4) is 0 Å². The van der Waals surface area contributed by atoms with Crippen LogP contribution >= 0.6 is 0 Å². The summed E-state index contributed by atoms with van der Waals surface area (Å²) in [6.45, 7) is 0.599. The van der Waals surface area contributed by atoms with Crippen LogP contribution in [0.15, 0.2) is 48.8 Å². The van der Waals surface area contributed by atoms with Gasteiger partial charge in [-0.2, -0.15) is 0 Å². The standard InChI is InChI=1S/C21H28N4O3/c1-24-11-20(13-26)17(15-7-3-5-9-22-15)25(2)18(16-8-4-6-10-23-16)21(12-24,14-27)19(20)28/h3-10,17-19,26-28H,11-14H2,1-2H3/t17-,18-,19?,20-,21+/m1/s1. The molecule has 2 aromatic heterocycles. The molecule has 2 aliphatic heterocycles. The molecular weight excluding hydrogens is 356 g/mol. The van der Waals surface area contributed by atoms with Crippen molar-refractivity contribution in [3.05, 3.63) is 60.2 Å². The summed E-state index contributed by atoms with van der Waals surface area (Å²) in [4.78, 5) is 13.4. The summed E-state index contributed by atoms with van der Waals surface area (Å²) in [6.07, 6.45) is 2.55. The fourth-order valence-electron chi connectivity index (χ4n) is 5.77. The second kappa shape index (κ2) is 7.17. The highest BCUT2D eigenvalue weighted by atomic mass is 16.3. The second-order valence-electron chi connectivity index (χ2n) is 8.34. The lowest BCUT2D eigenvalue weighted by Crippen LogP contribution is -2.74. The molecule has 0 aromatic carbocycles. The van der Waals surface area contributed by atoms with E-state index in [1.165, 1.54) is 0 Å². The molecule has 4 rings (SSSR count). The van der Waals surface area contributed by atoms with Gasteiger partial charge in [0, 0.05) is 25.5 Å². The zero-order valence-corrected chi connectivity index (χ0v) is 16.3. The number of aliphatic hydroxyl groups is 3. The fourth-order valence-corrected chi connectivity index (χ4v) is 5.77. The van der Waals surface area contributed by atoms with E-state index in [-0.39, 0.29) is 25.3 Å². The van der Waals surface area contributed by atoms with Crippen LogP contribution in [0, 0.1) is 10.8 Å². The van der Waals surface area contributed by atoms with E-state index in [2.05, 4.69) is 19.8 Å². The first kappa shape index (κ1) is 19.4.